The van der Waals surface area contributed by atoms with Gasteiger partial charge in [-0.25, -0.2) is 0 Å². The number of carbonyl (C=O) groups excluding carboxylic acids is 1. The first-order valence-corrected chi connectivity index (χ1v) is 12.2. The van der Waals surface area contributed by atoms with Crippen molar-refractivity contribution in [3.63, 3.8) is 0 Å². The lowest BCUT2D eigenvalue weighted by atomic mass is 10.2. The summed E-state index contributed by atoms with van der Waals surface area (Å²) in [5.74, 6) is 1.52. The van der Waals surface area contributed by atoms with Crippen molar-refractivity contribution in [2.75, 3.05) is 31.5 Å². The smallest absolute Gasteiger partial charge is 0.238 e. The second kappa shape index (κ2) is 11.2. The molecule has 0 aliphatic carbocycles. The summed E-state index contributed by atoms with van der Waals surface area (Å²) in [6, 6.07) is 23.5. The third kappa shape index (κ3) is 6.26. The highest BCUT2D eigenvalue weighted by molar-refractivity contribution is 5.94. The van der Waals surface area contributed by atoms with E-state index in [0.29, 0.717) is 6.54 Å². The van der Waals surface area contributed by atoms with Gasteiger partial charge in [-0.2, -0.15) is 5.10 Å². The first kappa shape index (κ1) is 23.1. The van der Waals surface area contributed by atoms with Crippen molar-refractivity contribution < 1.29 is 9.53 Å². The minimum absolute atomic E-state index is 0.0727. The number of nitrogens with zero attached hydrogens (tertiary/aromatic N) is 3. The number of anilines is 1. The molecule has 35 heavy (non-hydrogen) atoms. The van der Waals surface area contributed by atoms with Crippen molar-refractivity contribution in [2.24, 2.45) is 0 Å². The maximum atomic E-state index is 12.5. The number of carbonyl (C=O) groups is 1. The Bertz CT molecular complexity index is 1250. The number of para-hydroxylation sites is 1. The van der Waals surface area contributed by atoms with E-state index >= 15 is 0 Å². The molecule has 7 nitrogen and oxygen atoms in total. The normalized spacial score (nSPS) is 13.8. The highest BCUT2D eigenvalue weighted by Gasteiger charge is 2.12. The second-order valence-electron chi connectivity index (χ2n) is 8.90. The van der Waals surface area contributed by atoms with Crippen LogP contribution in [0.15, 0.2) is 79.0 Å². The van der Waals surface area contributed by atoms with Crippen LogP contribution in [0.1, 0.15) is 18.4 Å². The van der Waals surface area contributed by atoms with Crippen molar-refractivity contribution in [3.05, 3.63) is 84.6 Å². The van der Waals surface area contributed by atoms with E-state index in [9.17, 15) is 4.79 Å². The van der Waals surface area contributed by atoms with E-state index in [-0.39, 0.29) is 12.5 Å². The second-order valence-corrected chi connectivity index (χ2v) is 8.90. The van der Waals surface area contributed by atoms with E-state index in [2.05, 4.69) is 20.6 Å². The molecule has 1 saturated heterocycles. The molecule has 1 aromatic heterocycles. The van der Waals surface area contributed by atoms with Crippen molar-refractivity contribution in [1.29, 1.82) is 0 Å². The Morgan fingerprint density at radius 1 is 0.914 bits per heavy atom. The molecule has 1 amide bonds. The van der Waals surface area contributed by atoms with Crippen LogP contribution in [0.2, 0.25) is 0 Å². The number of amides is 1. The Labute approximate surface area is 205 Å². The van der Waals surface area contributed by atoms with E-state index in [1.807, 2.05) is 83.7 Å². The molecule has 1 aliphatic heterocycles. The molecular weight excluding hydrogens is 438 g/mol. The maximum Gasteiger partial charge on any atom is 0.238 e. The molecule has 0 spiro atoms. The van der Waals surface area contributed by atoms with Gasteiger partial charge < -0.3 is 20.3 Å². The van der Waals surface area contributed by atoms with Gasteiger partial charge in [0.2, 0.25) is 5.91 Å². The minimum atomic E-state index is -0.0727. The zero-order valence-corrected chi connectivity index (χ0v) is 19.8. The average Bonchev–Trinajstić information content (AvgIpc) is 3.54. The van der Waals surface area contributed by atoms with Crippen LogP contribution in [0, 0.1) is 0 Å². The van der Waals surface area contributed by atoms with Crippen LogP contribution in [-0.2, 0) is 17.9 Å². The number of ether oxygens (including phenoxy) is 1. The fourth-order valence-electron chi connectivity index (χ4n) is 4.39. The van der Waals surface area contributed by atoms with Crippen LogP contribution < -0.4 is 15.4 Å². The average molecular weight is 470 g/mol. The van der Waals surface area contributed by atoms with Gasteiger partial charge in [0.15, 0.2) is 0 Å². The number of fused-ring (bicyclic) bond motifs is 1. The predicted octanol–water partition coefficient (Wildman–Crippen LogP) is 4.65. The van der Waals surface area contributed by atoms with Gasteiger partial charge in [-0.15, -0.1) is 0 Å². The van der Waals surface area contributed by atoms with E-state index < -0.39 is 0 Å². The Morgan fingerprint density at radius 3 is 2.49 bits per heavy atom. The van der Waals surface area contributed by atoms with Crippen LogP contribution in [-0.4, -0.2) is 46.8 Å². The molecule has 0 unspecified atom stereocenters. The number of hydrogen-bond acceptors (Lipinski definition) is 5. The Kier molecular flexibility index (Phi) is 7.36. The third-order valence-corrected chi connectivity index (χ3v) is 6.27. The summed E-state index contributed by atoms with van der Waals surface area (Å²) in [6.45, 7) is 5.06. The molecule has 2 N–H and O–H groups in total. The third-order valence-electron chi connectivity index (χ3n) is 6.27. The summed E-state index contributed by atoms with van der Waals surface area (Å²) in [4.78, 5) is 15.0. The van der Waals surface area contributed by atoms with Crippen molar-refractivity contribution in [1.82, 2.24) is 20.0 Å². The van der Waals surface area contributed by atoms with E-state index in [0.717, 1.165) is 46.7 Å². The molecule has 7 heteroatoms. The summed E-state index contributed by atoms with van der Waals surface area (Å²) < 4.78 is 7.86. The molecule has 0 bridgehead atoms. The monoisotopic (exact) mass is 469 g/mol. The number of benzene rings is 3. The van der Waals surface area contributed by atoms with Crippen molar-refractivity contribution in [3.8, 4) is 11.5 Å². The summed E-state index contributed by atoms with van der Waals surface area (Å²) in [5, 5.41) is 11.8. The summed E-state index contributed by atoms with van der Waals surface area (Å²) in [6.07, 6.45) is 4.47. The Hall–Kier alpha value is -3.68. The number of hydrogen-bond donors (Lipinski definition) is 2. The first-order chi connectivity index (χ1) is 17.2. The van der Waals surface area contributed by atoms with Crippen LogP contribution in [0.4, 0.5) is 5.69 Å². The summed E-state index contributed by atoms with van der Waals surface area (Å²) in [7, 11) is 0. The lowest BCUT2D eigenvalue weighted by molar-refractivity contribution is -0.115. The topological polar surface area (TPSA) is 71.4 Å². The van der Waals surface area contributed by atoms with Gasteiger partial charge in [0.1, 0.15) is 11.5 Å². The number of nitrogens with one attached hydrogen (secondary N) is 2. The van der Waals surface area contributed by atoms with Crippen LogP contribution in [0.3, 0.4) is 0 Å². The van der Waals surface area contributed by atoms with E-state index in [1.165, 1.54) is 25.9 Å². The lowest BCUT2D eigenvalue weighted by Crippen LogP contribution is -2.27. The molecule has 0 saturated carbocycles. The maximum absolute atomic E-state index is 12.5. The molecule has 5 rings (SSSR count). The zero-order chi connectivity index (χ0) is 23.9. The molecule has 0 radical (unpaired) electrons. The fourth-order valence-corrected chi connectivity index (χ4v) is 4.39. The highest BCUT2D eigenvalue weighted by Crippen LogP contribution is 2.21. The van der Waals surface area contributed by atoms with Gasteiger partial charge in [0.05, 0.1) is 24.8 Å². The number of rotatable bonds is 10. The van der Waals surface area contributed by atoms with Gasteiger partial charge in [-0.1, -0.05) is 30.3 Å². The van der Waals surface area contributed by atoms with Gasteiger partial charge >= 0.3 is 0 Å². The van der Waals surface area contributed by atoms with Crippen LogP contribution in [0.25, 0.3) is 10.9 Å². The van der Waals surface area contributed by atoms with Crippen molar-refractivity contribution in [2.45, 2.75) is 25.9 Å². The number of likely N-dealkylation sites (tertiary alicyclic amines) is 1. The molecule has 2 heterocycles. The minimum Gasteiger partial charge on any atom is -0.457 e. The molecule has 180 valence electrons. The van der Waals surface area contributed by atoms with E-state index in [4.69, 9.17) is 4.74 Å². The predicted molar refractivity (Wildman–Crippen MR) is 139 cm³/mol. The summed E-state index contributed by atoms with van der Waals surface area (Å²) in [5.41, 5.74) is 2.92. The molecule has 3 aromatic carbocycles. The fraction of sp³-hybridized carbons (Fsp3) is 0.286. The molecule has 4 aromatic rings. The first-order valence-electron chi connectivity index (χ1n) is 12.2. The zero-order valence-electron chi connectivity index (χ0n) is 19.8. The molecule has 1 fully saturated rings. The van der Waals surface area contributed by atoms with Crippen LogP contribution in [0.5, 0.6) is 11.5 Å². The Morgan fingerprint density at radius 2 is 1.69 bits per heavy atom. The van der Waals surface area contributed by atoms with Gasteiger partial charge in [0, 0.05) is 24.2 Å². The van der Waals surface area contributed by atoms with Crippen molar-refractivity contribution >= 4 is 22.5 Å². The molecule has 1 aliphatic rings. The van der Waals surface area contributed by atoms with E-state index in [1.54, 1.807) is 0 Å². The van der Waals surface area contributed by atoms with Gasteiger partial charge in [-0.05, 0) is 74.0 Å². The highest BCUT2D eigenvalue weighted by atomic mass is 16.5. The van der Waals surface area contributed by atoms with Crippen LogP contribution >= 0.6 is 0 Å². The molecular formula is C28H31N5O2. The standard InChI is InChI=1S/C28H31N5O2/c34-28(21-29-19-22-8-12-26(13-9-22)35-25-6-2-1-3-7-25)31-24-11-10-23-20-30-33(27(23)18-24)17-16-32-14-4-5-15-32/h1-3,6-13,18,20,29H,4-5,14-17,19,21H2,(H,31,34). The number of aromatic nitrogens is 2. The van der Waals surface area contributed by atoms with Gasteiger partial charge in [-0.3, -0.25) is 9.48 Å². The largest absolute Gasteiger partial charge is 0.457 e. The quantitative estimate of drug-likeness (QED) is 0.354. The Balaban J connectivity index is 1.10. The van der Waals surface area contributed by atoms with Gasteiger partial charge in [0.25, 0.3) is 0 Å². The molecule has 0 atom stereocenters. The summed E-state index contributed by atoms with van der Waals surface area (Å²) >= 11 is 0. The lowest BCUT2D eigenvalue weighted by Gasteiger charge is -2.14. The SMILES string of the molecule is O=C(CNCc1ccc(Oc2ccccc2)cc1)Nc1ccc2cnn(CCN3CCCC3)c2c1.